The zero-order chi connectivity index (χ0) is 15.9. The van der Waals surface area contributed by atoms with E-state index in [-0.39, 0.29) is 6.10 Å². The lowest BCUT2D eigenvalue weighted by molar-refractivity contribution is 0.0997. The van der Waals surface area contributed by atoms with Crippen molar-refractivity contribution < 1.29 is 9.47 Å². The first kappa shape index (κ1) is 14.0. The molecule has 3 heterocycles. The summed E-state index contributed by atoms with van der Waals surface area (Å²) in [6.45, 7) is 1.20. The van der Waals surface area contributed by atoms with Crippen molar-refractivity contribution in [3.63, 3.8) is 0 Å². The molecular formula is C18H17N3O2S. The van der Waals surface area contributed by atoms with Gasteiger partial charge in [0, 0.05) is 4.88 Å². The molecule has 5 rings (SSSR count). The van der Waals surface area contributed by atoms with E-state index < -0.39 is 0 Å². The Bertz CT molecular complexity index is 908. The molecular weight excluding hydrogens is 322 g/mol. The summed E-state index contributed by atoms with van der Waals surface area (Å²) in [7, 11) is 0. The highest BCUT2D eigenvalue weighted by Crippen LogP contribution is 2.39. The molecule has 5 nitrogen and oxygen atoms in total. The smallest absolute Gasteiger partial charge is 0.161 e. The van der Waals surface area contributed by atoms with Crippen LogP contribution >= 0.6 is 11.3 Å². The Balaban J connectivity index is 1.37. The minimum atomic E-state index is -0.0309. The zero-order valence-corrected chi connectivity index (χ0v) is 13.9. The summed E-state index contributed by atoms with van der Waals surface area (Å²) in [4.78, 5) is 11.5. The van der Waals surface area contributed by atoms with Gasteiger partial charge in [-0.15, -0.1) is 11.3 Å². The SMILES string of the molecule is c1ccc2c(c1)OC[C@@H](CNc1ncnc3sc4c(c13)CCC4)O2. The van der Waals surface area contributed by atoms with Crippen molar-refractivity contribution >= 4 is 27.4 Å². The molecule has 24 heavy (non-hydrogen) atoms. The first-order chi connectivity index (χ1) is 11.9. The molecule has 0 radical (unpaired) electrons. The van der Waals surface area contributed by atoms with E-state index in [2.05, 4.69) is 15.3 Å². The third kappa shape index (κ3) is 2.29. The number of aryl methyl sites for hydroxylation is 2. The van der Waals surface area contributed by atoms with Gasteiger partial charge in [-0.05, 0) is 37.0 Å². The summed E-state index contributed by atoms with van der Waals surface area (Å²) < 4.78 is 11.8. The van der Waals surface area contributed by atoms with E-state index in [0.717, 1.165) is 28.6 Å². The van der Waals surface area contributed by atoms with Gasteiger partial charge in [-0.3, -0.25) is 0 Å². The molecule has 1 aliphatic heterocycles. The van der Waals surface area contributed by atoms with Gasteiger partial charge in [0.25, 0.3) is 0 Å². The van der Waals surface area contributed by atoms with E-state index in [1.807, 2.05) is 24.3 Å². The highest BCUT2D eigenvalue weighted by atomic mass is 32.1. The minimum Gasteiger partial charge on any atom is -0.486 e. The topological polar surface area (TPSA) is 56.3 Å². The standard InChI is InChI=1S/C18H17N3O2S/c1-2-6-14-13(5-1)22-9-11(23-14)8-19-17-16-12-4-3-7-15(12)24-18(16)21-10-20-17/h1-2,5-6,10-11H,3-4,7-9H2,(H,19,20,21)/t11-/m1/s1. The Morgan fingerprint density at radius 1 is 1.17 bits per heavy atom. The number of ether oxygens (including phenoxy) is 2. The number of anilines is 1. The molecule has 3 aromatic rings. The Kier molecular flexibility index (Phi) is 3.29. The van der Waals surface area contributed by atoms with Crippen LogP contribution in [0.25, 0.3) is 10.2 Å². The third-order valence-corrected chi connectivity index (χ3v) is 5.77. The minimum absolute atomic E-state index is 0.0309. The Morgan fingerprint density at radius 2 is 2.08 bits per heavy atom. The third-order valence-electron chi connectivity index (χ3n) is 4.57. The van der Waals surface area contributed by atoms with Crippen molar-refractivity contribution in [1.82, 2.24) is 9.97 Å². The molecule has 0 bridgehead atoms. The number of benzene rings is 1. The predicted octanol–water partition coefficient (Wildman–Crippen LogP) is 3.43. The number of nitrogens with zero attached hydrogens (tertiary/aromatic N) is 2. The highest BCUT2D eigenvalue weighted by molar-refractivity contribution is 7.19. The van der Waals surface area contributed by atoms with Gasteiger partial charge in [0.15, 0.2) is 11.5 Å². The summed E-state index contributed by atoms with van der Waals surface area (Å²) >= 11 is 1.81. The summed E-state index contributed by atoms with van der Waals surface area (Å²) in [6, 6.07) is 7.79. The second-order valence-corrected chi connectivity index (χ2v) is 7.22. The maximum Gasteiger partial charge on any atom is 0.161 e. The molecule has 6 heteroatoms. The Hall–Kier alpha value is -2.34. The van der Waals surface area contributed by atoms with Gasteiger partial charge in [-0.2, -0.15) is 0 Å². The maximum absolute atomic E-state index is 6.01. The van der Waals surface area contributed by atoms with E-state index in [4.69, 9.17) is 9.47 Å². The Morgan fingerprint density at radius 3 is 3.04 bits per heavy atom. The molecule has 1 aliphatic carbocycles. The summed E-state index contributed by atoms with van der Waals surface area (Å²) in [5.41, 5.74) is 1.43. The molecule has 1 N–H and O–H groups in total. The summed E-state index contributed by atoms with van der Waals surface area (Å²) in [5.74, 6) is 2.54. The molecule has 0 saturated carbocycles. The molecule has 122 valence electrons. The van der Waals surface area contributed by atoms with Crippen LogP contribution in [0.1, 0.15) is 16.9 Å². The van der Waals surface area contributed by atoms with Crippen LogP contribution in [0.3, 0.4) is 0 Å². The van der Waals surface area contributed by atoms with Crippen molar-refractivity contribution in [1.29, 1.82) is 0 Å². The molecule has 2 aromatic heterocycles. The molecule has 0 unspecified atom stereocenters. The van der Waals surface area contributed by atoms with E-state index in [9.17, 15) is 0 Å². The van der Waals surface area contributed by atoms with Crippen LogP contribution in [0.15, 0.2) is 30.6 Å². The maximum atomic E-state index is 6.01. The molecule has 0 spiro atoms. The second kappa shape index (κ2) is 5.63. The van der Waals surface area contributed by atoms with Crippen LogP contribution < -0.4 is 14.8 Å². The fraction of sp³-hybridized carbons (Fsp3) is 0.333. The lowest BCUT2D eigenvalue weighted by atomic mass is 10.2. The van der Waals surface area contributed by atoms with Crippen molar-refractivity contribution in [3.8, 4) is 11.5 Å². The molecule has 2 aliphatic rings. The van der Waals surface area contributed by atoms with E-state index in [1.165, 1.54) is 28.7 Å². The fourth-order valence-corrected chi connectivity index (χ4v) is 4.67. The molecule has 1 aromatic carbocycles. The van der Waals surface area contributed by atoms with E-state index >= 15 is 0 Å². The molecule has 0 saturated heterocycles. The number of thiophene rings is 1. The highest BCUT2D eigenvalue weighted by Gasteiger charge is 2.23. The van der Waals surface area contributed by atoms with Crippen LogP contribution in [0.5, 0.6) is 11.5 Å². The van der Waals surface area contributed by atoms with Crippen molar-refractivity contribution in [3.05, 3.63) is 41.0 Å². The molecule has 0 amide bonds. The van der Waals surface area contributed by atoms with Crippen LogP contribution in [0, 0.1) is 0 Å². The van der Waals surface area contributed by atoms with Gasteiger partial charge in [0.05, 0.1) is 11.9 Å². The molecule has 0 fully saturated rings. The van der Waals surface area contributed by atoms with Gasteiger partial charge in [0.1, 0.15) is 29.7 Å². The van der Waals surface area contributed by atoms with Gasteiger partial charge >= 0.3 is 0 Å². The van der Waals surface area contributed by atoms with Crippen LogP contribution in [-0.4, -0.2) is 29.2 Å². The van der Waals surface area contributed by atoms with Crippen molar-refractivity contribution in [2.24, 2.45) is 0 Å². The first-order valence-electron chi connectivity index (χ1n) is 8.26. The lowest BCUT2D eigenvalue weighted by Crippen LogP contribution is -2.35. The number of fused-ring (bicyclic) bond motifs is 4. The lowest BCUT2D eigenvalue weighted by Gasteiger charge is -2.26. The summed E-state index contributed by atoms with van der Waals surface area (Å²) in [5, 5.41) is 4.66. The normalized spacial score (nSPS) is 18.6. The van der Waals surface area contributed by atoms with Crippen LogP contribution in [0.2, 0.25) is 0 Å². The monoisotopic (exact) mass is 339 g/mol. The second-order valence-electron chi connectivity index (χ2n) is 6.14. The number of hydrogen-bond donors (Lipinski definition) is 1. The van der Waals surface area contributed by atoms with Crippen LogP contribution in [-0.2, 0) is 12.8 Å². The van der Waals surface area contributed by atoms with Gasteiger partial charge < -0.3 is 14.8 Å². The van der Waals surface area contributed by atoms with Gasteiger partial charge in [0.2, 0.25) is 0 Å². The van der Waals surface area contributed by atoms with Gasteiger partial charge in [-0.1, -0.05) is 12.1 Å². The predicted molar refractivity (Wildman–Crippen MR) is 94.3 cm³/mol. The fourth-order valence-electron chi connectivity index (χ4n) is 3.44. The van der Waals surface area contributed by atoms with Gasteiger partial charge in [-0.25, -0.2) is 9.97 Å². The number of hydrogen-bond acceptors (Lipinski definition) is 6. The largest absolute Gasteiger partial charge is 0.486 e. The number of aromatic nitrogens is 2. The quantitative estimate of drug-likeness (QED) is 0.792. The van der Waals surface area contributed by atoms with E-state index in [0.29, 0.717) is 13.2 Å². The molecule has 1 atom stereocenters. The number of para-hydroxylation sites is 2. The summed E-state index contributed by atoms with van der Waals surface area (Å²) in [6.07, 6.45) is 5.16. The Labute approximate surface area is 143 Å². The van der Waals surface area contributed by atoms with Crippen LogP contribution in [0.4, 0.5) is 5.82 Å². The average molecular weight is 339 g/mol. The van der Waals surface area contributed by atoms with E-state index in [1.54, 1.807) is 17.7 Å². The van der Waals surface area contributed by atoms with Crippen molar-refractivity contribution in [2.75, 3.05) is 18.5 Å². The van der Waals surface area contributed by atoms with Crippen molar-refractivity contribution in [2.45, 2.75) is 25.4 Å². The number of rotatable bonds is 3. The zero-order valence-electron chi connectivity index (χ0n) is 13.1. The number of nitrogens with one attached hydrogen (secondary N) is 1. The average Bonchev–Trinajstić information content (AvgIpc) is 3.20. The first-order valence-corrected chi connectivity index (χ1v) is 9.08.